The summed E-state index contributed by atoms with van der Waals surface area (Å²) in [7, 11) is -3.67. The lowest BCUT2D eigenvalue weighted by Crippen LogP contribution is -2.38. The molecule has 0 amide bonds. The molecule has 2 heterocycles. The second kappa shape index (κ2) is 6.70. The molecule has 7 heteroatoms. The van der Waals surface area contributed by atoms with Crippen molar-refractivity contribution in [3.63, 3.8) is 0 Å². The van der Waals surface area contributed by atoms with E-state index in [0.717, 1.165) is 18.4 Å². The molecule has 0 unspecified atom stereocenters. The van der Waals surface area contributed by atoms with Gasteiger partial charge >= 0.3 is 5.97 Å². The van der Waals surface area contributed by atoms with Gasteiger partial charge in [0.25, 0.3) is 0 Å². The highest BCUT2D eigenvalue weighted by Crippen LogP contribution is 2.30. The van der Waals surface area contributed by atoms with Gasteiger partial charge in [-0.1, -0.05) is 12.1 Å². The highest BCUT2D eigenvalue weighted by molar-refractivity contribution is 7.89. The van der Waals surface area contributed by atoms with Crippen molar-refractivity contribution in [1.29, 1.82) is 0 Å². The zero-order valence-corrected chi connectivity index (χ0v) is 13.8. The Bertz CT molecular complexity index is 829. The number of rotatable bonds is 4. The van der Waals surface area contributed by atoms with Crippen molar-refractivity contribution >= 4 is 16.0 Å². The second-order valence-corrected chi connectivity index (χ2v) is 7.74. The number of hydrogen-bond acceptors (Lipinski definition) is 4. The maximum Gasteiger partial charge on any atom is 0.335 e. The summed E-state index contributed by atoms with van der Waals surface area (Å²) < 4.78 is 26.9. The molecular weight excluding hydrogens is 328 g/mol. The van der Waals surface area contributed by atoms with Gasteiger partial charge in [0.2, 0.25) is 10.0 Å². The molecule has 0 bridgehead atoms. The Labute approximate surface area is 140 Å². The lowest BCUT2D eigenvalue weighted by atomic mass is 9.91. The van der Waals surface area contributed by atoms with E-state index in [0.29, 0.717) is 19.0 Å². The number of aromatic carboxylic acids is 1. The second-order valence-electron chi connectivity index (χ2n) is 5.80. The first-order valence-corrected chi connectivity index (χ1v) is 9.16. The minimum Gasteiger partial charge on any atom is -0.478 e. The number of carboxylic acid groups (broad SMARTS) is 1. The molecule has 3 rings (SSSR count). The van der Waals surface area contributed by atoms with Crippen LogP contribution in [0.5, 0.6) is 0 Å². The van der Waals surface area contributed by atoms with E-state index in [1.54, 1.807) is 6.20 Å². The molecule has 0 saturated carbocycles. The van der Waals surface area contributed by atoms with Gasteiger partial charge in [-0.15, -0.1) is 0 Å². The molecule has 1 N–H and O–H groups in total. The molecule has 0 radical (unpaired) electrons. The van der Waals surface area contributed by atoms with E-state index in [9.17, 15) is 13.2 Å². The highest BCUT2D eigenvalue weighted by atomic mass is 32.2. The van der Waals surface area contributed by atoms with Crippen molar-refractivity contribution in [3.8, 4) is 0 Å². The van der Waals surface area contributed by atoms with E-state index < -0.39 is 16.0 Å². The normalized spacial score (nSPS) is 16.8. The van der Waals surface area contributed by atoms with Crippen LogP contribution in [0.4, 0.5) is 0 Å². The number of pyridine rings is 1. The average molecular weight is 346 g/mol. The van der Waals surface area contributed by atoms with Crippen molar-refractivity contribution in [2.24, 2.45) is 0 Å². The third kappa shape index (κ3) is 3.32. The first kappa shape index (κ1) is 16.6. The number of aromatic nitrogens is 1. The summed E-state index contributed by atoms with van der Waals surface area (Å²) in [5.74, 6) is -0.835. The van der Waals surface area contributed by atoms with E-state index in [2.05, 4.69) is 4.98 Å². The molecule has 24 heavy (non-hydrogen) atoms. The van der Waals surface area contributed by atoms with Crippen LogP contribution in [0, 0.1) is 0 Å². The molecule has 1 aliphatic heterocycles. The smallest absolute Gasteiger partial charge is 0.335 e. The summed E-state index contributed by atoms with van der Waals surface area (Å²) in [6.45, 7) is 0.832. The van der Waals surface area contributed by atoms with Crippen molar-refractivity contribution in [3.05, 3.63) is 59.9 Å². The molecule has 6 nitrogen and oxygen atoms in total. The average Bonchev–Trinajstić information content (AvgIpc) is 2.62. The van der Waals surface area contributed by atoms with Crippen LogP contribution < -0.4 is 0 Å². The molecule has 0 aliphatic carbocycles. The summed E-state index contributed by atoms with van der Waals surface area (Å²) in [5, 5.41) is 9.03. The Kier molecular flexibility index (Phi) is 4.64. The molecule has 0 atom stereocenters. The summed E-state index contributed by atoms with van der Waals surface area (Å²) in [6, 6.07) is 9.39. The van der Waals surface area contributed by atoms with Gasteiger partial charge in [0.05, 0.1) is 10.5 Å². The standard InChI is InChI=1S/C17H18N2O4S/c20-17(21)14-3-1-5-16(11-14)24(22,23)19-9-6-13(7-10-19)15-4-2-8-18-12-15/h1-5,8,11-13H,6-7,9-10H2,(H,20,21). The zero-order valence-electron chi connectivity index (χ0n) is 13.0. The third-order valence-corrected chi connectivity index (χ3v) is 6.22. The number of carboxylic acids is 1. The largest absolute Gasteiger partial charge is 0.478 e. The number of carbonyl (C=O) groups is 1. The van der Waals surface area contributed by atoms with Gasteiger partial charge in [-0.3, -0.25) is 4.98 Å². The van der Waals surface area contributed by atoms with Gasteiger partial charge in [-0.05, 0) is 48.6 Å². The van der Waals surface area contributed by atoms with E-state index >= 15 is 0 Å². The maximum atomic E-state index is 12.7. The summed E-state index contributed by atoms with van der Waals surface area (Å²) in [4.78, 5) is 15.2. The first-order chi connectivity index (χ1) is 11.5. The first-order valence-electron chi connectivity index (χ1n) is 7.72. The van der Waals surface area contributed by atoms with Crippen molar-refractivity contribution in [2.75, 3.05) is 13.1 Å². The van der Waals surface area contributed by atoms with Crippen LogP contribution in [-0.2, 0) is 10.0 Å². The fourth-order valence-electron chi connectivity index (χ4n) is 2.99. The van der Waals surface area contributed by atoms with Crippen molar-refractivity contribution in [1.82, 2.24) is 9.29 Å². The molecule has 1 aliphatic rings. The van der Waals surface area contributed by atoms with Crippen LogP contribution in [0.1, 0.15) is 34.7 Å². The van der Waals surface area contributed by atoms with Crippen LogP contribution in [0.3, 0.4) is 0 Å². The molecular formula is C17H18N2O4S. The van der Waals surface area contributed by atoms with Crippen molar-refractivity contribution < 1.29 is 18.3 Å². The molecule has 2 aromatic rings. The Morgan fingerprint density at radius 1 is 1.17 bits per heavy atom. The summed E-state index contributed by atoms with van der Waals surface area (Å²) >= 11 is 0. The van der Waals surface area contributed by atoms with Gasteiger partial charge in [0, 0.05) is 25.5 Å². The van der Waals surface area contributed by atoms with Crippen LogP contribution in [0.2, 0.25) is 0 Å². The fraction of sp³-hybridized carbons (Fsp3) is 0.294. The Balaban J connectivity index is 1.75. The lowest BCUT2D eigenvalue weighted by Gasteiger charge is -2.31. The van der Waals surface area contributed by atoms with Crippen LogP contribution in [-0.4, -0.2) is 41.9 Å². The van der Waals surface area contributed by atoms with Gasteiger partial charge in [-0.25, -0.2) is 13.2 Å². The summed E-state index contributed by atoms with van der Waals surface area (Å²) in [5.41, 5.74) is 1.10. The molecule has 1 fully saturated rings. The molecule has 126 valence electrons. The van der Waals surface area contributed by atoms with Crippen LogP contribution in [0.15, 0.2) is 53.7 Å². The van der Waals surface area contributed by atoms with Crippen LogP contribution >= 0.6 is 0 Å². The van der Waals surface area contributed by atoms with E-state index in [1.807, 2.05) is 18.3 Å². The van der Waals surface area contributed by atoms with Gasteiger partial charge in [0.15, 0.2) is 0 Å². The van der Waals surface area contributed by atoms with Gasteiger partial charge in [-0.2, -0.15) is 4.31 Å². The van der Waals surface area contributed by atoms with E-state index in [4.69, 9.17) is 5.11 Å². The van der Waals surface area contributed by atoms with E-state index in [-0.39, 0.29) is 10.5 Å². The number of sulfonamides is 1. The van der Waals surface area contributed by atoms with Crippen molar-refractivity contribution in [2.45, 2.75) is 23.7 Å². The minimum absolute atomic E-state index is 0.0266. The zero-order chi connectivity index (χ0) is 17.2. The Morgan fingerprint density at radius 3 is 2.54 bits per heavy atom. The Morgan fingerprint density at radius 2 is 1.92 bits per heavy atom. The quantitative estimate of drug-likeness (QED) is 0.918. The molecule has 1 aromatic carbocycles. The predicted molar refractivity (Wildman–Crippen MR) is 88.4 cm³/mol. The number of nitrogens with zero attached hydrogens (tertiary/aromatic N) is 2. The highest BCUT2D eigenvalue weighted by Gasteiger charge is 2.30. The number of piperidine rings is 1. The van der Waals surface area contributed by atoms with Gasteiger partial charge < -0.3 is 5.11 Å². The minimum atomic E-state index is -3.67. The lowest BCUT2D eigenvalue weighted by molar-refractivity contribution is 0.0696. The number of hydrogen-bond donors (Lipinski definition) is 1. The topological polar surface area (TPSA) is 87.6 Å². The van der Waals surface area contributed by atoms with Crippen LogP contribution in [0.25, 0.3) is 0 Å². The molecule has 1 aromatic heterocycles. The fourth-order valence-corrected chi connectivity index (χ4v) is 4.50. The number of benzene rings is 1. The predicted octanol–water partition coefficient (Wildman–Crippen LogP) is 2.35. The van der Waals surface area contributed by atoms with Gasteiger partial charge in [0.1, 0.15) is 0 Å². The molecule has 1 saturated heterocycles. The SMILES string of the molecule is O=C(O)c1cccc(S(=O)(=O)N2CCC(c3cccnc3)CC2)c1. The molecule has 0 spiro atoms. The third-order valence-electron chi connectivity index (χ3n) is 4.33. The monoisotopic (exact) mass is 346 g/mol. The Hall–Kier alpha value is -2.25. The maximum absolute atomic E-state index is 12.7. The summed E-state index contributed by atoms with van der Waals surface area (Å²) in [6.07, 6.45) is 5.00. The van der Waals surface area contributed by atoms with E-state index in [1.165, 1.54) is 28.6 Å².